The van der Waals surface area contributed by atoms with E-state index in [1.165, 1.54) is 0 Å². The minimum atomic E-state index is -0.0810. The molecule has 0 fully saturated rings. The highest BCUT2D eigenvalue weighted by Gasteiger charge is 2.17. The molecule has 16 heavy (non-hydrogen) atoms. The van der Waals surface area contributed by atoms with E-state index in [1.54, 1.807) is 30.1 Å². The van der Waals surface area contributed by atoms with Crippen molar-refractivity contribution in [2.45, 2.75) is 13.0 Å². The van der Waals surface area contributed by atoms with Crippen molar-refractivity contribution in [2.24, 2.45) is 0 Å². The van der Waals surface area contributed by atoms with Crippen LogP contribution >= 0.6 is 39.1 Å². The molecular formula is C11H12BrCl2NO. The molecule has 0 aliphatic carbocycles. The number of carbonyl (C=O) groups is 1. The summed E-state index contributed by atoms with van der Waals surface area (Å²) < 4.78 is 0.777. The highest BCUT2D eigenvalue weighted by Crippen LogP contribution is 2.23. The highest BCUT2D eigenvalue weighted by atomic mass is 79.9. The Labute approximate surface area is 114 Å². The van der Waals surface area contributed by atoms with Crippen LogP contribution in [0, 0.1) is 0 Å². The minimum absolute atomic E-state index is 0.00316. The van der Waals surface area contributed by atoms with Gasteiger partial charge in [0, 0.05) is 29.0 Å². The van der Waals surface area contributed by atoms with Crippen molar-refractivity contribution in [1.82, 2.24) is 4.90 Å². The van der Waals surface area contributed by atoms with Crippen LogP contribution in [0.15, 0.2) is 22.7 Å². The summed E-state index contributed by atoms with van der Waals surface area (Å²) in [4.78, 5) is 13.6. The van der Waals surface area contributed by atoms with Gasteiger partial charge in [0.15, 0.2) is 0 Å². The maximum Gasteiger partial charge on any atom is 0.253 e. The van der Waals surface area contributed by atoms with Gasteiger partial charge in [0.05, 0.1) is 5.02 Å². The van der Waals surface area contributed by atoms with Gasteiger partial charge in [0.1, 0.15) is 0 Å². The second kappa shape index (κ2) is 5.89. The molecule has 0 N–H and O–H groups in total. The highest BCUT2D eigenvalue weighted by molar-refractivity contribution is 9.10. The molecule has 0 aliphatic rings. The molecule has 1 unspecified atom stereocenters. The number of amides is 1. The van der Waals surface area contributed by atoms with E-state index in [-0.39, 0.29) is 11.9 Å². The van der Waals surface area contributed by atoms with Gasteiger partial charge in [-0.2, -0.15) is 0 Å². The van der Waals surface area contributed by atoms with Crippen LogP contribution in [0.5, 0.6) is 0 Å². The first-order valence-electron chi connectivity index (χ1n) is 4.75. The third-order valence-electron chi connectivity index (χ3n) is 2.37. The van der Waals surface area contributed by atoms with Crippen LogP contribution in [0.1, 0.15) is 17.3 Å². The van der Waals surface area contributed by atoms with Crippen molar-refractivity contribution < 1.29 is 4.79 Å². The van der Waals surface area contributed by atoms with Gasteiger partial charge < -0.3 is 4.90 Å². The van der Waals surface area contributed by atoms with Gasteiger partial charge in [-0.25, -0.2) is 0 Å². The molecule has 1 aromatic carbocycles. The second-order valence-corrected chi connectivity index (χ2v) is 5.12. The third-order valence-corrected chi connectivity index (χ3v) is 4.05. The third kappa shape index (κ3) is 3.12. The number of hydrogen-bond donors (Lipinski definition) is 0. The van der Waals surface area contributed by atoms with Gasteiger partial charge in [0.2, 0.25) is 0 Å². The molecule has 1 rings (SSSR count). The van der Waals surface area contributed by atoms with E-state index in [1.807, 2.05) is 6.92 Å². The first kappa shape index (κ1) is 13.8. The molecule has 1 atom stereocenters. The lowest BCUT2D eigenvalue weighted by Gasteiger charge is -2.23. The van der Waals surface area contributed by atoms with Crippen molar-refractivity contribution in [3.05, 3.63) is 33.3 Å². The molecule has 1 amide bonds. The first-order valence-corrected chi connectivity index (χ1v) is 6.46. The van der Waals surface area contributed by atoms with Gasteiger partial charge in [-0.3, -0.25) is 4.79 Å². The maximum absolute atomic E-state index is 12.0. The number of hydrogen-bond acceptors (Lipinski definition) is 1. The summed E-state index contributed by atoms with van der Waals surface area (Å²) in [5.74, 6) is 0.328. The van der Waals surface area contributed by atoms with Crippen molar-refractivity contribution in [3.63, 3.8) is 0 Å². The summed E-state index contributed by atoms with van der Waals surface area (Å²) in [6.45, 7) is 1.89. The molecule has 0 saturated heterocycles. The number of alkyl halides is 1. The molecule has 88 valence electrons. The summed E-state index contributed by atoms with van der Waals surface area (Å²) in [7, 11) is 1.73. The normalized spacial score (nSPS) is 12.3. The molecular weight excluding hydrogens is 313 g/mol. The number of benzene rings is 1. The molecule has 0 radical (unpaired) electrons. The van der Waals surface area contributed by atoms with Crippen molar-refractivity contribution in [2.75, 3.05) is 12.9 Å². The van der Waals surface area contributed by atoms with Gasteiger partial charge in [-0.15, -0.1) is 11.6 Å². The fourth-order valence-corrected chi connectivity index (χ4v) is 1.77. The Kier molecular flexibility index (Phi) is 5.09. The monoisotopic (exact) mass is 323 g/mol. The van der Waals surface area contributed by atoms with E-state index in [2.05, 4.69) is 15.9 Å². The van der Waals surface area contributed by atoms with E-state index in [0.29, 0.717) is 16.5 Å². The standard InChI is InChI=1S/C11H12BrCl2NO/c1-7(6-13)15(2)11(16)8-3-4-9(12)10(14)5-8/h3-5,7H,6H2,1-2H3. The van der Waals surface area contributed by atoms with Crippen LogP contribution in [-0.2, 0) is 0 Å². The lowest BCUT2D eigenvalue weighted by atomic mass is 10.2. The maximum atomic E-state index is 12.0. The average Bonchev–Trinajstić information content (AvgIpc) is 2.29. The Morgan fingerprint density at radius 2 is 2.19 bits per heavy atom. The predicted molar refractivity (Wildman–Crippen MR) is 71.4 cm³/mol. The summed E-state index contributed by atoms with van der Waals surface area (Å²) in [6, 6.07) is 5.13. The largest absolute Gasteiger partial charge is 0.338 e. The fourth-order valence-electron chi connectivity index (χ4n) is 1.14. The molecule has 5 heteroatoms. The molecule has 0 spiro atoms. The summed E-state index contributed by atoms with van der Waals surface area (Å²) >= 11 is 14.9. The topological polar surface area (TPSA) is 20.3 Å². The molecule has 0 bridgehead atoms. The molecule has 0 aromatic heterocycles. The molecule has 0 saturated carbocycles. The second-order valence-electron chi connectivity index (χ2n) is 3.55. The van der Waals surface area contributed by atoms with Crippen LogP contribution < -0.4 is 0 Å². The van der Waals surface area contributed by atoms with Crippen molar-refractivity contribution in [1.29, 1.82) is 0 Å². The van der Waals surface area contributed by atoms with Gasteiger partial charge in [-0.05, 0) is 41.1 Å². The Hall–Kier alpha value is -0.250. The molecule has 2 nitrogen and oxygen atoms in total. The summed E-state index contributed by atoms with van der Waals surface area (Å²) in [5.41, 5.74) is 0.563. The lowest BCUT2D eigenvalue weighted by molar-refractivity contribution is 0.0756. The van der Waals surface area contributed by atoms with E-state index in [9.17, 15) is 4.79 Å². The van der Waals surface area contributed by atoms with Crippen LogP contribution in [-0.4, -0.2) is 29.8 Å². The molecule has 1 aromatic rings. The minimum Gasteiger partial charge on any atom is -0.338 e. The Balaban J connectivity index is 2.92. The zero-order valence-electron chi connectivity index (χ0n) is 9.01. The van der Waals surface area contributed by atoms with Crippen molar-refractivity contribution in [3.8, 4) is 0 Å². The lowest BCUT2D eigenvalue weighted by Crippen LogP contribution is -2.36. The van der Waals surface area contributed by atoms with Gasteiger partial charge >= 0.3 is 0 Å². The first-order chi connectivity index (χ1) is 7.47. The zero-order chi connectivity index (χ0) is 12.3. The Morgan fingerprint density at radius 1 is 1.56 bits per heavy atom. The number of rotatable bonds is 3. The molecule has 0 aliphatic heterocycles. The Morgan fingerprint density at radius 3 is 2.69 bits per heavy atom. The molecule has 0 heterocycles. The fraction of sp³-hybridized carbons (Fsp3) is 0.364. The van der Waals surface area contributed by atoms with Gasteiger partial charge in [0.25, 0.3) is 5.91 Å². The van der Waals surface area contributed by atoms with E-state index >= 15 is 0 Å². The number of carbonyl (C=O) groups excluding carboxylic acids is 1. The van der Waals surface area contributed by atoms with Crippen LogP contribution in [0.3, 0.4) is 0 Å². The van der Waals surface area contributed by atoms with E-state index in [4.69, 9.17) is 23.2 Å². The van der Waals surface area contributed by atoms with E-state index < -0.39 is 0 Å². The predicted octanol–water partition coefficient (Wildman–Crippen LogP) is 3.80. The quantitative estimate of drug-likeness (QED) is 0.774. The van der Waals surface area contributed by atoms with Gasteiger partial charge in [-0.1, -0.05) is 11.6 Å². The smallest absolute Gasteiger partial charge is 0.253 e. The summed E-state index contributed by atoms with van der Waals surface area (Å²) in [6.07, 6.45) is 0. The Bertz CT molecular complexity index is 398. The van der Waals surface area contributed by atoms with Crippen LogP contribution in [0.4, 0.5) is 0 Å². The number of nitrogens with zero attached hydrogens (tertiary/aromatic N) is 1. The number of halogens is 3. The van der Waals surface area contributed by atoms with Crippen LogP contribution in [0.25, 0.3) is 0 Å². The average molecular weight is 325 g/mol. The summed E-state index contributed by atoms with van der Waals surface area (Å²) in [5, 5.41) is 0.526. The zero-order valence-corrected chi connectivity index (χ0v) is 12.1. The van der Waals surface area contributed by atoms with Crippen LogP contribution in [0.2, 0.25) is 5.02 Å². The van der Waals surface area contributed by atoms with Crippen molar-refractivity contribution >= 4 is 45.0 Å². The SMILES string of the molecule is CC(CCl)N(C)C(=O)c1ccc(Br)c(Cl)c1. The van der Waals surface area contributed by atoms with E-state index in [0.717, 1.165) is 4.47 Å².